The van der Waals surface area contributed by atoms with Crippen LogP contribution in [0.15, 0.2) is 54.6 Å². The Morgan fingerprint density at radius 3 is 2.71 bits per heavy atom. The highest BCUT2D eigenvalue weighted by Crippen LogP contribution is 2.32. The van der Waals surface area contributed by atoms with Crippen molar-refractivity contribution in [3.63, 3.8) is 0 Å². The van der Waals surface area contributed by atoms with Crippen LogP contribution in [0.5, 0.6) is 11.5 Å². The Morgan fingerprint density at radius 2 is 1.94 bits per heavy atom. The van der Waals surface area contributed by atoms with Gasteiger partial charge in [-0.2, -0.15) is 0 Å². The Bertz CT molecular complexity index is 1310. The number of carbonyl (C=O) groups excluding carboxylic acids is 2. The van der Waals surface area contributed by atoms with Crippen molar-refractivity contribution >= 4 is 44.1 Å². The quantitative estimate of drug-likeness (QED) is 0.427. The third-order valence-electron chi connectivity index (χ3n) is 4.92. The van der Waals surface area contributed by atoms with Gasteiger partial charge in [0.2, 0.25) is 5.91 Å². The molecule has 158 valence electrons. The average molecular weight is 436 g/mol. The van der Waals surface area contributed by atoms with Crippen LogP contribution >= 0.6 is 11.3 Å². The molecule has 4 N–H and O–H groups in total. The Kier molecular flexibility index (Phi) is 5.24. The Balaban J connectivity index is 1.69. The first kappa shape index (κ1) is 20.6. The number of aromatic hydroxyl groups is 1. The highest BCUT2D eigenvalue weighted by atomic mass is 32.1. The summed E-state index contributed by atoms with van der Waals surface area (Å²) in [5.74, 6) is -0.547. The van der Waals surface area contributed by atoms with E-state index in [-0.39, 0.29) is 12.4 Å². The lowest BCUT2D eigenvalue weighted by molar-refractivity contribution is -0.122. The van der Waals surface area contributed by atoms with Crippen molar-refractivity contribution in [2.75, 3.05) is 0 Å². The van der Waals surface area contributed by atoms with E-state index in [2.05, 4.69) is 10.3 Å². The van der Waals surface area contributed by atoms with E-state index in [9.17, 15) is 14.7 Å². The van der Waals surface area contributed by atoms with Crippen LogP contribution in [0.4, 0.5) is 0 Å². The Hall–Kier alpha value is -3.65. The summed E-state index contributed by atoms with van der Waals surface area (Å²) in [4.78, 5) is 29.1. The van der Waals surface area contributed by atoms with Gasteiger partial charge in [-0.15, -0.1) is 11.3 Å². The number of nitrogens with one attached hydrogen (secondary N) is 1. The summed E-state index contributed by atoms with van der Waals surface area (Å²) in [7, 11) is 0. The zero-order valence-corrected chi connectivity index (χ0v) is 17.8. The number of fused-ring (bicyclic) bond motifs is 2. The molecule has 4 rings (SSSR count). The number of thiazole rings is 1. The molecular weight excluding hydrogens is 414 g/mol. The summed E-state index contributed by atoms with van der Waals surface area (Å²) in [5.41, 5.74) is 5.17. The predicted octanol–water partition coefficient (Wildman–Crippen LogP) is 3.73. The molecule has 8 heteroatoms. The molecule has 2 amide bonds. The van der Waals surface area contributed by atoms with Crippen LogP contribution < -0.4 is 15.8 Å². The first-order chi connectivity index (χ1) is 14.7. The van der Waals surface area contributed by atoms with Gasteiger partial charge in [0.1, 0.15) is 28.7 Å². The van der Waals surface area contributed by atoms with Crippen LogP contribution in [0.1, 0.15) is 29.2 Å². The molecule has 31 heavy (non-hydrogen) atoms. The molecule has 4 aromatic rings. The minimum Gasteiger partial charge on any atom is -0.508 e. The molecule has 1 aromatic heterocycles. The van der Waals surface area contributed by atoms with Crippen molar-refractivity contribution in [1.82, 2.24) is 10.3 Å². The van der Waals surface area contributed by atoms with E-state index in [1.165, 1.54) is 11.3 Å². The van der Waals surface area contributed by atoms with Gasteiger partial charge >= 0.3 is 0 Å². The number of hydrogen-bond acceptors (Lipinski definition) is 6. The van der Waals surface area contributed by atoms with Gasteiger partial charge in [0, 0.05) is 11.5 Å². The number of rotatable bonds is 6. The van der Waals surface area contributed by atoms with Gasteiger partial charge in [0.15, 0.2) is 0 Å². The lowest BCUT2D eigenvalue weighted by atomic mass is 10.0. The molecule has 0 spiro atoms. The topological polar surface area (TPSA) is 115 Å². The summed E-state index contributed by atoms with van der Waals surface area (Å²) in [6.45, 7) is 3.24. The second-order valence-electron chi connectivity index (χ2n) is 7.66. The van der Waals surface area contributed by atoms with Gasteiger partial charge in [-0.1, -0.05) is 30.3 Å². The molecule has 0 unspecified atom stereocenters. The average Bonchev–Trinajstić information content (AvgIpc) is 3.13. The number of primary amides is 1. The molecule has 7 nitrogen and oxygen atoms in total. The summed E-state index contributed by atoms with van der Waals surface area (Å²) in [6, 6.07) is 16.1. The first-order valence-corrected chi connectivity index (χ1v) is 10.4. The number of nitrogens with zero attached hydrogens (tertiary/aromatic N) is 1. The largest absolute Gasteiger partial charge is 0.508 e. The number of amides is 2. The zero-order chi connectivity index (χ0) is 22.2. The van der Waals surface area contributed by atoms with Crippen molar-refractivity contribution in [2.45, 2.75) is 26.0 Å². The summed E-state index contributed by atoms with van der Waals surface area (Å²) in [6.07, 6.45) is 0. The normalized spacial score (nSPS) is 11.5. The fourth-order valence-corrected chi connectivity index (χ4v) is 4.01. The number of phenolic OH excluding ortho intramolecular Hbond substituents is 1. The van der Waals surface area contributed by atoms with Gasteiger partial charge in [-0.05, 0) is 37.4 Å². The number of carbonyl (C=O) groups is 2. The lowest BCUT2D eigenvalue weighted by Crippen LogP contribution is -2.53. The molecule has 1 heterocycles. The minimum absolute atomic E-state index is 0.146. The number of hydrogen-bond donors (Lipinski definition) is 3. The SMILES string of the molecule is CC(C)(NC(=O)c1ccc2ccccc2c1OCc1nc2cc(O)ccc2s1)C(N)=O. The van der Waals surface area contributed by atoms with Gasteiger partial charge in [-0.25, -0.2) is 4.98 Å². The van der Waals surface area contributed by atoms with Crippen LogP contribution in [0, 0.1) is 0 Å². The van der Waals surface area contributed by atoms with E-state index in [0.29, 0.717) is 21.8 Å². The van der Waals surface area contributed by atoms with Crippen LogP contribution in [-0.4, -0.2) is 27.4 Å². The van der Waals surface area contributed by atoms with E-state index >= 15 is 0 Å². The highest BCUT2D eigenvalue weighted by Gasteiger charge is 2.29. The monoisotopic (exact) mass is 435 g/mol. The van der Waals surface area contributed by atoms with Crippen LogP contribution in [0.2, 0.25) is 0 Å². The maximum atomic E-state index is 13.0. The number of ether oxygens (including phenoxy) is 1. The van der Waals surface area contributed by atoms with Crippen molar-refractivity contribution in [2.24, 2.45) is 5.73 Å². The fourth-order valence-electron chi connectivity index (χ4n) is 3.15. The molecule has 0 fully saturated rings. The van der Waals surface area contributed by atoms with Gasteiger partial charge < -0.3 is 20.9 Å². The van der Waals surface area contributed by atoms with Crippen molar-refractivity contribution < 1.29 is 19.4 Å². The third-order valence-corrected chi connectivity index (χ3v) is 5.93. The number of phenols is 1. The molecule has 3 aromatic carbocycles. The molecule has 0 aliphatic heterocycles. The van der Waals surface area contributed by atoms with Gasteiger partial charge in [-0.3, -0.25) is 9.59 Å². The van der Waals surface area contributed by atoms with Crippen LogP contribution in [0.25, 0.3) is 21.0 Å². The van der Waals surface area contributed by atoms with E-state index in [1.54, 1.807) is 38.1 Å². The second kappa shape index (κ2) is 7.88. The van der Waals surface area contributed by atoms with Crippen LogP contribution in [-0.2, 0) is 11.4 Å². The molecule has 0 aliphatic carbocycles. The maximum Gasteiger partial charge on any atom is 0.255 e. The van der Waals surface area contributed by atoms with E-state index < -0.39 is 17.4 Å². The lowest BCUT2D eigenvalue weighted by Gasteiger charge is -2.23. The van der Waals surface area contributed by atoms with E-state index in [4.69, 9.17) is 10.5 Å². The smallest absolute Gasteiger partial charge is 0.255 e. The third kappa shape index (κ3) is 4.15. The molecule has 0 saturated carbocycles. The second-order valence-corrected chi connectivity index (χ2v) is 8.77. The highest BCUT2D eigenvalue weighted by molar-refractivity contribution is 7.18. The predicted molar refractivity (Wildman–Crippen MR) is 120 cm³/mol. The zero-order valence-electron chi connectivity index (χ0n) is 17.0. The maximum absolute atomic E-state index is 13.0. The molecule has 0 radical (unpaired) electrons. The fraction of sp³-hybridized carbons (Fsp3) is 0.174. The Morgan fingerprint density at radius 1 is 1.16 bits per heavy atom. The number of benzene rings is 3. The molecule has 0 atom stereocenters. The van der Waals surface area contributed by atoms with Crippen molar-refractivity contribution in [1.29, 1.82) is 0 Å². The van der Waals surface area contributed by atoms with Crippen LogP contribution in [0.3, 0.4) is 0 Å². The first-order valence-electron chi connectivity index (χ1n) is 9.60. The van der Waals surface area contributed by atoms with E-state index in [0.717, 1.165) is 15.5 Å². The van der Waals surface area contributed by atoms with Gasteiger partial charge in [0.25, 0.3) is 5.91 Å². The standard InChI is InChI=1S/C23H21N3O4S/c1-23(2,22(24)29)26-21(28)16-9-7-13-5-3-4-6-15(13)20(16)30-12-19-25-17-11-14(27)8-10-18(17)31-19/h3-11,27H,12H2,1-2H3,(H2,24,29)(H,26,28). The van der Waals surface area contributed by atoms with E-state index in [1.807, 2.05) is 30.3 Å². The van der Waals surface area contributed by atoms with Gasteiger partial charge in [0.05, 0.1) is 15.8 Å². The number of nitrogens with two attached hydrogens (primary N) is 1. The molecule has 0 saturated heterocycles. The summed E-state index contributed by atoms with van der Waals surface area (Å²) in [5, 5.41) is 14.7. The summed E-state index contributed by atoms with van der Waals surface area (Å²) >= 11 is 1.45. The Labute approximate surface area is 182 Å². The molecular formula is C23H21N3O4S. The van der Waals surface area contributed by atoms with Crippen molar-refractivity contribution in [3.8, 4) is 11.5 Å². The minimum atomic E-state index is -1.21. The van der Waals surface area contributed by atoms with Crippen molar-refractivity contribution in [3.05, 3.63) is 65.2 Å². The molecule has 0 bridgehead atoms. The number of aromatic nitrogens is 1. The summed E-state index contributed by atoms with van der Waals surface area (Å²) < 4.78 is 7.03. The molecule has 0 aliphatic rings.